The third-order valence-corrected chi connectivity index (χ3v) is 3.89. The Kier molecular flexibility index (Phi) is 4.88. The number of methoxy groups -OCH3 is 1. The number of nitrogens with zero attached hydrogens (tertiary/aromatic N) is 2. The molecule has 6 heteroatoms. The molecule has 2 heterocycles. The molecule has 130 valence electrons. The Bertz CT molecular complexity index is 902. The van der Waals surface area contributed by atoms with Gasteiger partial charge in [-0.2, -0.15) is 0 Å². The number of benzene rings is 1. The van der Waals surface area contributed by atoms with E-state index in [0.717, 1.165) is 11.2 Å². The number of fused-ring (bicyclic) bond motifs is 1. The van der Waals surface area contributed by atoms with E-state index in [-0.39, 0.29) is 5.91 Å². The first-order chi connectivity index (χ1) is 12.1. The van der Waals surface area contributed by atoms with Gasteiger partial charge in [-0.1, -0.05) is 12.1 Å². The van der Waals surface area contributed by atoms with E-state index in [2.05, 4.69) is 10.3 Å². The summed E-state index contributed by atoms with van der Waals surface area (Å²) < 4.78 is 12.7. The molecule has 6 nitrogen and oxygen atoms in total. The van der Waals surface area contributed by atoms with Crippen molar-refractivity contribution in [3.05, 3.63) is 59.5 Å². The van der Waals surface area contributed by atoms with E-state index in [4.69, 9.17) is 9.47 Å². The average Bonchev–Trinajstić information content (AvgIpc) is 2.93. The van der Waals surface area contributed by atoms with Gasteiger partial charge in [0.2, 0.25) is 0 Å². The van der Waals surface area contributed by atoms with Crippen molar-refractivity contribution in [3.63, 3.8) is 0 Å². The van der Waals surface area contributed by atoms with Gasteiger partial charge in [0, 0.05) is 6.20 Å². The van der Waals surface area contributed by atoms with Crippen LogP contribution in [0.15, 0.2) is 42.6 Å². The predicted octanol–water partition coefficient (Wildman–Crippen LogP) is 2.77. The molecule has 0 saturated carbocycles. The second-order valence-electron chi connectivity index (χ2n) is 5.73. The highest BCUT2D eigenvalue weighted by Gasteiger charge is 2.16. The zero-order valence-electron chi connectivity index (χ0n) is 14.6. The lowest BCUT2D eigenvalue weighted by Crippen LogP contribution is -2.29. The molecular formula is C19H21N3O3. The number of imidazole rings is 1. The number of hydrogen-bond donors (Lipinski definition) is 1. The molecule has 0 bridgehead atoms. The number of ether oxygens (including phenoxy) is 2. The number of carbonyl (C=O) groups is 1. The van der Waals surface area contributed by atoms with Gasteiger partial charge >= 0.3 is 0 Å². The molecule has 0 aliphatic carbocycles. The van der Waals surface area contributed by atoms with Crippen LogP contribution in [0.3, 0.4) is 0 Å². The molecule has 3 aromatic rings. The minimum atomic E-state index is -0.169. The van der Waals surface area contributed by atoms with Crippen LogP contribution in [0.4, 0.5) is 0 Å². The second kappa shape index (κ2) is 7.25. The van der Waals surface area contributed by atoms with Crippen LogP contribution in [0.25, 0.3) is 5.65 Å². The Hall–Kier alpha value is -3.02. The molecule has 0 fully saturated rings. The molecule has 3 rings (SSSR count). The highest BCUT2D eigenvalue weighted by molar-refractivity contribution is 5.94. The van der Waals surface area contributed by atoms with Crippen LogP contribution in [-0.4, -0.2) is 35.6 Å². The molecule has 25 heavy (non-hydrogen) atoms. The topological polar surface area (TPSA) is 64.9 Å². The first-order valence-electron chi connectivity index (χ1n) is 8.09. The molecule has 2 aromatic heterocycles. The van der Waals surface area contributed by atoms with E-state index in [1.165, 1.54) is 0 Å². The van der Waals surface area contributed by atoms with Crippen LogP contribution in [-0.2, 0) is 0 Å². The van der Waals surface area contributed by atoms with E-state index >= 15 is 0 Å². The molecule has 0 atom stereocenters. The Labute approximate surface area is 146 Å². The predicted molar refractivity (Wildman–Crippen MR) is 95.5 cm³/mol. The second-order valence-corrected chi connectivity index (χ2v) is 5.73. The number of nitrogens with one attached hydrogen (secondary N) is 1. The fourth-order valence-electron chi connectivity index (χ4n) is 2.69. The van der Waals surface area contributed by atoms with Crippen LogP contribution in [0.5, 0.6) is 11.5 Å². The number of aromatic nitrogens is 2. The number of amides is 1. The van der Waals surface area contributed by atoms with E-state index in [1.54, 1.807) is 11.5 Å². The summed E-state index contributed by atoms with van der Waals surface area (Å²) in [5.74, 6) is 1.15. The Morgan fingerprint density at radius 2 is 1.96 bits per heavy atom. The molecule has 1 amide bonds. The van der Waals surface area contributed by atoms with Gasteiger partial charge in [-0.3, -0.25) is 9.20 Å². The van der Waals surface area contributed by atoms with Gasteiger partial charge in [-0.15, -0.1) is 0 Å². The first kappa shape index (κ1) is 16.8. The minimum absolute atomic E-state index is 0.169. The molecule has 0 radical (unpaired) electrons. The van der Waals surface area contributed by atoms with Crippen molar-refractivity contribution < 1.29 is 14.3 Å². The van der Waals surface area contributed by atoms with Crippen molar-refractivity contribution in [2.75, 3.05) is 20.3 Å². The Morgan fingerprint density at radius 1 is 1.20 bits per heavy atom. The van der Waals surface area contributed by atoms with Crippen LogP contribution in [0.1, 0.15) is 21.7 Å². The van der Waals surface area contributed by atoms with Gasteiger partial charge in [0.1, 0.15) is 17.9 Å². The normalized spacial score (nSPS) is 10.7. The molecule has 0 unspecified atom stereocenters. The van der Waals surface area contributed by atoms with Gasteiger partial charge < -0.3 is 14.8 Å². The highest BCUT2D eigenvalue weighted by atomic mass is 16.5. The lowest BCUT2D eigenvalue weighted by Gasteiger charge is -2.11. The Balaban J connectivity index is 1.63. The summed E-state index contributed by atoms with van der Waals surface area (Å²) in [6.07, 6.45) is 1.87. The highest BCUT2D eigenvalue weighted by Crippen LogP contribution is 2.25. The van der Waals surface area contributed by atoms with Crippen molar-refractivity contribution >= 4 is 11.6 Å². The van der Waals surface area contributed by atoms with Gasteiger partial charge in [0.15, 0.2) is 11.5 Å². The maximum absolute atomic E-state index is 12.5. The van der Waals surface area contributed by atoms with Gasteiger partial charge in [-0.05, 0) is 43.7 Å². The van der Waals surface area contributed by atoms with Crippen LogP contribution >= 0.6 is 0 Å². The zero-order chi connectivity index (χ0) is 17.8. The SMILES string of the molecule is COc1ccccc1OCCNC(=O)c1c(C)nc2cc(C)ccn12. The fourth-order valence-corrected chi connectivity index (χ4v) is 2.69. The quantitative estimate of drug-likeness (QED) is 0.702. The van der Waals surface area contributed by atoms with Crippen LogP contribution in [0, 0.1) is 13.8 Å². The summed E-state index contributed by atoms with van der Waals surface area (Å²) in [6, 6.07) is 11.3. The smallest absolute Gasteiger partial charge is 0.270 e. The molecule has 0 spiro atoms. The third kappa shape index (κ3) is 3.57. The van der Waals surface area contributed by atoms with Crippen molar-refractivity contribution in [1.82, 2.24) is 14.7 Å². The van der Waals surface area contributed by atoms with Gasteiger partial charge in [-0.25, -0.2) is 4.98 Å². The standard InChI is InChI=1S/C19H21N3O3/c1-13-8-10-22-17(12-13)21-14(2)18(22)19(23)20-9-11-25-16-7-5-4-6-15(16)24-3/h4-8,10,12H,9,11H2,1-3H3,(H,20,23). The number of rotatable bonds is 6. The summed E-state index contributed by atoms with van der Waals surface area (Å²) in [6.45, 7) is 4.57. The van der Waals surface area contributed by atoms with E-state index in [9.17, 15) is 4.79 Å². The number of carbonyl (C=O) groups excluding carboxylic acids is 1. The summed E-state index contributed by atoms with van der Waals surface area (Å²) >= 11 is 0. The number of pyridine rings is 1. The number of hydrogen-bond acceptors (Lipinski definition) is 4. The van der Waals surface area contributed by atoms with Crippen LogP contribution < -0.4 is 14.8 Å². The minimum Gasteiger partial charge on any atom is -0.493 e. The number of para-hydroxylation sites is 2. The van der Waals surface area contributed by atoms with Crippen LogP contribution in [0.2, 0.25) is 0 Å². The first-order valence-corrected chi connectivity index (χ1v) is 8.09. The molecule has 1 N–H and O–H groups in total. The average molecular weight is 339 g/mol. The van der Waals surface area contributed by atoms with Gasteiger partial charge in [0.05, 0.1) is 19.3 Å². The van der Waals surface area contributed by atoms with Crippen molar-refractivity contribution in [3.8, 4) is 11.5 Å². The molecule has 1 aromatic carbocycles. The van der Waals surface area contributed by atoms with E-state index < -0.39 is 0 Å². The lowest BCUT2D eigenvalue weighted by atomic mass is 10.3. The molecule has 0 saturated heterocycles. The third-order valence-electron chi connectivity index (χ3n) is 3.89. The molecule has 0 aliphatic heterocycles. The van der Waals surface area contributed by atoms with Crippen molar-refractivity contribution in [1.29, 1.82) is 0 Å². The largest absolute Gasteiger partial charge is 0.493 e. The lowest BCUT2D eigenvalue weighted by molar-refractivity contribution is 0.0940. The Morgan fingerprint density at radius 3 is 2.72 bits per heavy atom. The molecular weight excluding hydrogens is 318 g/mol. The number of aryl methyl sites for hydroxylation is 2. The van der Waals surface area contributed by atoms with Crippen molar-refractivity contribution in [2.24, 2.45) is 0 Å². The monoisotopic (exact) mass is 339 g/mol. The van der Waals surface area contributed by atoms with E-state index in [1.807, 2.05) is 56.4 Å². The summed E-state index contributed by atoms with van der Waals surface area (Å²) in [7, 11) is 1.60. The van der Waals surface area contributed by atoms with Crippen molar-refractivity contribution in [2.45, 2.75) is 13.8 Å². The molecule has 0 aliphatic rings. The summed E-state index contributed by atoms with van der Waals surface area (Å²) in [5, 5.41) is 2.87. The zero-order valence-corrected chi connectivity index (χ0v) is 14.6. The van der Waals surface area contributed by atoms with E-state index in [0.29, 0.717) is 36.0 Å². The maximum Gasteiger partial charge on any atom is 0.270 e. The van der Waals surface area contributed by atoms with Gasteiger partial charge in [0.25, 0.3) is 5.91 Å². The maximum atomic E-state index is 12.5. The summed E-state index contributed by atoms with van der Waals surface area (Å²) in [5.41, 5.74) is 3.13. The summed E-state index contributed by atoms with van der Waals surface area (Å²) in [4.78, 5) is 17.0. The fraction of sp³-hybridized carbons (Fsp3) is 0.263.